The van der Waals surface area contributed by atoms with Gasteiger partial charge >= 0.3 is 0 Å². The minimum Gasteiger partial charge on any atom is -0.372 e. The van der Waals surface area contributed by atoms with Crippen molar-refractivity contribution >= 4 is 19.3 Å². The molecule has 1 aliphatic rings. The zero-order valence-electron chi connectivity index (χ0n) is 15.9. The van der Waals surface area contributed by atoms with Gasteiger partial charge in [0, 0.05) is 30.3 Å². The van der Waals surface area contributed by atoms with Crippen molar-refractivity contribution in [2.45, 2.75) is 60.7 Å². The molecule has 0 N–H and O–H groups in total. The Bertz CT molecular complexity index is 420. The van der Waals surface area contributed by atoms with Gasteiger partial charge in [-0.2, -0.15) is 0 Å². The molecular formula is C20H34BNO. The molecule has 1 aromatic carbocycles. The quantitative estimate of drug-likeness (QED) is 0.549. The van der Waals surface area contributed by atoms with E-state index in [0.29, 0.717) is 0 Å². The number of carbonyl (C=O) groups excluding carboxylic acids is 1. The number of nitrogens with zero attached hydrogens (tertiary/aromatic N) is 1. The number of benzene rings is 1. The molecule has 1 aromatic rings. The topological polar surface area (TPSA) is 20.3 Å². The number of piperidine rings is 1. The maximum absolute atomic E-state index is 11.9. The van der Waals surface area contributed by atoms with Crippen LogP contribution in [0.25, 0.3) is 0 Å². The Balaban J connectivity index is 0.00000112. The molecule has 0 saturated carbocycles. The molecule has 0 atom stereocenters. The van der Waals surface area contributed by atoms with Gasteiger partial charge in [-0.1, -0.05) is 47.9 Å². The van der Waals surface area contributed by atoms with Gasteiger partial charge in [0.15, 0.2) is 5.78 Å². The molecule has 2 rings (SSSR count). The third kappa shape index (κ3) is 6.80. The van der Waals surface area contributed by atoms with Crippen molar-refractivity contribution in [3.8, 4) is 0 Å². The minimum absolute atomic E-state index is 0.0751. The summed E-state index contributed by atoms with van der Waals surface area (Å²) in [5, 5.41) is 0. The van der Waals surface area contributed by atoms with E-state index < -0.39 is 0 Å². The second kappa shape index (κ2) is 12.2. The van der Waals surface area contributed by atoms with Gasteiger partial charge in [-0.05, 0) is 43.0 Å². The molecule has 0 spiro atoms. The van der Waals surface area contributed by atoms with Crippen LogP contribution in [0, 0.1) is 11.8 Å². The number of hydrogen-bond donors (Lipinski definition) is 0. The number of hydrogen-bond acceptors (Lipinski definition) is 2. The highest BCUT2D eigenvalue weighted by Gasteiger charge is 2.18. The lowest BCUT2D eigenvalue weighted by Gasteiger charge is -2.33. The number of rotatable bonds is 4. The van der Waals surface area contributed by atoms with Crippen molar-refractivity contribution < 1.29 is 4.79 Å². The van der Waals surface area contributed by atoms with Crippen molar-refractivity contribution in [1.29, 1.82) is 0 Å². The smallest absolute Gasteiger partial charge is 0.165 e. The summed E-state index contributed by atoms with van der Waals surface area (Å²) >= 11 is 0. The SMILES string of the molecule is CC.CCC1CCN(c2ccc(C(=O)C(C)C)cc2)CC1.[B]C. The highest BCUT2D eigenvalue weighted by Crippen LogP contribution is 2.25. The standard InChI is InChI=1S/C17H25NO.C2H6.CH3B/c1-4-14-9-11-18(12-10-14)16-7-5-15(6-8-16)17(19)13(2)3;2*1-2/h5-8,13-14H,4,9-12H2,1-3H3;1-2H3;1H3. The minimum atomic E-state index is 0.0751. The summed E-state index contributed by atoms with van der Waals surface area (Å²) < 4.78 is 0. The number of carbonyl (C=O) groups is 1. The predicted molar refractivity (Wildman–Crippen MR) is 104 cm³/mol. The first-order valence-corrected chi connectivity index (χ1v) is 9.08. The van der Waals surface area contributed by atoms with E-state index in [1.807, 2.05) is 39.8 Å². The summed E-state index contributed by atoms with van der Waals surface area (Å²) in [6, 6.07) is 8.15. The number of anilines is 1. The molecule has 2 nitrogen and oxygen atoms in total. The maximum Gasteiger partial charge on any atom is 0.165 e. The monoisotopic (exact) mass is 315 g/mol. The molecule has 0 unspecified atom stereocenters. The van der Waals surface area contributed by atoms with Crippen molar-refractivity contribution in [1.82, 2.24) is 0 Å². The van der Waals surface area contributed by atoms with E-state index in [4.69, 9.17) is 0 Å². The predicted octanol–water partition coefficient (Wildman–Crippen LogP) is 5.38. The summed E-state index contributed by atoms with van der Waals surface area (Å²) in [5.41, 5.74) is 2.09. The fourth-order valence-corrected chi connectivity index (χ4v) is 2.77. The third-order valence-corrected chi connectivity index (χ3v) is 4.23. The van der Waals surface area contributed by atoms with Gasteiger partial charge in [-0.15, -0.1) is 0 Å². The molecule has 0 amide bonds. The molecule has 1 fully saturated rings. The summed E-state index contributed by atoms with van der Waals surface area (Å²) in [4.78, 5) is 14.3. The van der Waals surface area contributed by atoms with E-state index in [9.17, 15) is 4.79 Å². The van der Waals surface area contributed by atoms with Crippen molar-refractivity contribution in [2.75, 3.05) is 18.0 Å². The lowest BCUT2D eigenvalue weighted by Crippen LogP contribution is -2.33. The van der Waals surface area contributed by atoms with Gasteiger partial charge in [0.05, 0.1) is 7.85 Å². The lowest BCUT2D eigenvalue weighted by molar-refractivity contribution is 0.0939. The molecule has 3 heteroatoms. The molecule has 1 saturated heterocycles. The van der Waals surface area contributed by atoms with Gasteiger partial charge < -0.3 is 4.90 Å². The summed E-state index contributed by atoms with van der Waals surface area (Å²) in [7, 11) is 4.50. The second-order valence-corrected chi connectivity index (χ2v) is 5.90. The Morgan fingerprint density at radius 1 is 1.13 bits per heavy atom. The van der Waals surface area contributed by atoms with Crippen LogP contribution in [-0.2, 0) is 0 Å². The first-order valence-electron chi connectivity index (χ1n) is 9.08. The largest absolute Gasteiger partial charge is 0.372 e. The van der Waals surface area contributed by atoms with Crippen molar-refractivity contribution in [2.24, 2.45) is 11.8 Å². The molecule has 0 aliphatic carbocycles. The van der Waals surface area contributed by atoms with E-state index in [1.165, 1.54) is 31.8 Å². The highest BCUT2D eigenvalue weighted by molar-refractivity contribution is 6.05. The van der Waals surface area contributed by atoms with Crippen LogP contribution in [0.4, 0.5) is 5.69 Å². The first-order chi connectivity index (χ1) is 11.1. The van der Waals surface area contributed by atoms with E-state index in [1.54, 1.807) is 0 Å². The average Bonchev–Trinajstić information content (AvgIpc) is 2.64. The molecule has 0 bridgehead atoms. The molecular weight excluding hydrogens is 281 g/mol. The second-order valence-electron chi connectivity index (χ2n) is 5.90. The average molecular weight is 315 g/mol. The number of ketones is 1. The van der Waals surface area contributed by atoms with Crippen LogP contribution in [-0.4, -0.2) is 26.7 Å². The van der Waals surface area contributed by atoms with E-state index in [-0.39, 0.29) is 11.7 Å². The Kier molecular flexibility index (Phi) is 11.5. The van der Waals surface area contributed by atoms with Crippen molar-refractivity contribution in [3.63, 3.8) is 0 Å². The van der Waals surface area contributed by atoms with Crippen LogP contribution < -0.4 is 4.90 Å². The Morgan fingerprint density at radius 3 is 2.00 bits per heavy atom. The van der Waals surface area contributed by atoms with Gasteiger partial charge in [-0.25, -0.2) is 0 Å². The number of Topliss-reactive ketones (excluding diaryl/α,β-unsaturated/α-hetero) is 1. The highest BCUT2D eigenvalue weighted by atomic mass is 16.1. The molecule has 2 radical (unpaired) electrons. The molecule has 0 aromatic heterocycles. The van der Waals surface area contributed by atoms with E-state index in [0.717, 1.165) is 24.6 Å². The zero-order chi connectivity index (χ0) is 17.8. The normalized spacial score (nSPS) is 14.5. The van der Waals surface area contributed by atoms with Gasteiger partial charge in [0.1, 0.15) is 0 Å². The Morgan fingerprint density at radius 2 is 1.61 bits per heavy atom. The molecule has 1 aliphatic heterocycles. The lowest BCUT2D eigenvalue weighted by atomic mass is 9.94. The maximum atomic E-state index is 11.9. The molecule has 23 heavy (non-hydrogen) atoms. The van der Waals surface area contributed by atoms with Crippen molar-refractivity contribution in [3.05, 3.63) is 29.8 Å². The van der Waals surface area contributed by atoms with Gasteiger partial charge in [-0.3, -0.25) is 4.79 Å². The Labute approximate surface area is 145 Å². The van der Waals surface area contributed by atoms with Crippen LogP contribution in [0.15, 0.2) is 24.3 Å². The van der Waals surface area contributed by atoms with E-state index >= 15 is 0 Å². The van der Waals surface area contributed by atoms with Crippen LogP contribution in [0.3, 0.4) is 0 Å². The first kappa shape index (κ1) is 21.8. The summed E-state index contributed by atoms with van der Waals surface area (Å²) in [6.45, 7) is 14.0. The third-order valence-electron chi connectivity index (χ3n) is 4.23. The molecule has 128 valence electrons. The summed E-state index contributed by atoms with van der Waals surface area (Å²) in [5.74, 6) is 1.21. The van der Waals surface area contributed by atoms with Gasteiger partial charge in [0.25, 0.3) is 0 Å². The van der Waals surface area contributed by atoms with Crippen LogP contribution in [0.1, 0.15) is 64.2 Å². The van der Waals surface area contributed by atoms with Crippen LogP contribution in [0.2, 0.25) is 6.82 Å². The fourth-order valence-electron chi connectivity index (χ4n) is 2.77. The summed E-state index contributed by atoms with van der Waals surface area (Å²) in [6.07, 6.45) is 3.89. The fraction of sp³-hybridized carbons (Fsp3) is 0.650. The Hall–Kier alpha value is -1.25. The molecule has 1 heterocycles. The zero-order valence-corrected chi connectivity index (χ0v) is 15.9. The van der Waals surface area contributed by atoms with Gasteiger partial charge in [0.2, 0.25) is 0 Å². The van der Waals surface area contributed by atoms with Crippen LogP contribution in [0.5, 0.6) is 0 Å². The van der Waals surface area contributed by atoms with E-state index in [2.05, 4.69) is 31.8 Å². The van der Waals surface area contributed by atoms with Crippen LogP contribution >= 0.6 is 0 Å².